The van der Waals surface area contributed by atoms with Crippen molar-refractivity contribution in [3.8, 4) is 0 Å². The molecule has 0 amide bonds. The molecule has 2 aliphatic rings. The van der Waals surface area contributed by atoms with Gasteiger partial charge in [-0.25, -0.2) is 0 Å². The van der Waals surface area contributed by atoms with E-state index in [1.165, 1.54) is 19.3 Å². The van der Waals surface area contributed by atoms with Crippen LogP contribution in [0.4, 0.5) is 0 Å². The number of rotatable bonds is 3. The zero-order valence-corrected chi connectivity index (χ0v) is 10.3. The lowest BCUT2D eigenvalue weighted by molar-refractivity contribution is -0.126. The lowest BCUT2D eigenvalue weighted by atomic mass is 9.86. The predicted molar refractivity (Wildman–Crippen MR) is 63.4 cm³/mol. The van der Waals surface area contributed by atoms with Gasteiger partial charge in [0, 0.05) is 19.0 Å². The maximum atomic E-state index is 12.1. The Kier molecular flexibility index (Phi) is 4.36. The molecule has 1 saturated carbocycles. The SMILES string of the molecule is CC1CN(CC(=O)C2CCCCC2)CCO1. The Labute approximate surface area is 98.1 Å². The number of ketones is 1. The smallest absolute Gasteiger partial charge is 0.149 e. The van der Waals surface area contributed by atoms with Crippen molar-refractivity contribution in [1.29, 1.82) is 0 Å². The van der Waals surface area contributed by atoms with Gasteiger partial charge >= 0.3 is 0 Å². The molecule has 1 aliphatic heterocycles. The normalized spacial score (nSPS) is 29.2. The fourth-order valence-electron chi connectivity index (χ4n) is 2.81. The van der Waals surface area contributed by atoms with E-state index < -0.39 is 0 Å². The summed E-state index contributed by atoms with van der Waals surface area (Å²) in [6, 6.07) is 0. The van der Waals surface area contributed by atoms with E-state index >= 15 is 0 Å². The molecule has 0 spiro atoms. The zero-order valence-electron chi connectivity index (χ0n) is 10.3. The van der Waals surface area contributed by atoms with Crippen LogP contribution in [0.2, 0.25) is 0 Å². The second-order valence-electron chi connectivity index (χ2n) is 5.22. The van der Waals surface area contributed by atoms with Gasteiger partial charge in [0.25, 0.3) is 0 Å². The second-order valence-corrected chi connectivity index (χ2v) is 5.22. The Morgan fingerprint density at radius 3 is 2.75 bits per heavy atom. The molecule has 1 heterocycles. The van der Waals surface area contributed by atoms with Crippen LogP contribution in [-0.2, 0) is 9.53 Å². The van der Waals surface area contributed by atoms with Gasteiger partial charge in [0.2, 0.25) is 0 Å². The molecule has 16 heavy (non-hydrogen) atoms. The van der Waals surface area contributed by atoms with E-state index in [4.69, 9.17) is 4.74 Å². The third-order valence-electron chi connectivity index (χ3n) is 3.77. The molecular formula is C13H23NO2. The Hall–Kier alpha value is -0.410. The largest absolute Gasteiger partial charge is 0.376 e. The summed E-state index contributed by atoms with van der Waals surface area (Å²) in [4.78, 5) is 14.3. The molecule has 1 saturated heterocycles. The standard InChI is InChI=1S/C13H23NO2/c1-11-9-14(7-8-16-11)10-13(15)12-5-3-2-4-6-12/h11-12H,2-10H2,1H3. The van der Waals surface area contributed by atoms with Gasteiger partial charge in [0.1, 0.15) is 5.78 Å². The van der Waals surface area contributed by atoms with E-state index in [2.05, 4.69) is 11.8 Å². The van der Waals surface area contributed by atoms with Crippen LogP contribution in [0.3, 0.4) is 0 Å². The van der Waals surface area contributed by atoms with Gasteiger partial charge in [-0.15, -0.1) is 0 Å². The molecule has 2 fully saturated rings. The van der Waals surface area contributed by atoms with Crippen molar-refractivity contribution in [3.63, 3.8) is 0 Å². The summed E-state index contributed by atoms with van der Waals surface area (Å²) < 4.78 is 5.48. The van der Waals surface area contributed by atoms with E-state index in [-0.39, 0.29) is 6.10 Å². The summed E-state index contributed by atoms with van der Waals surface area (Å²) >= 11 is 0. The van der Waals surface area contributed by atoms with Gasteiger partial charge in [-0.1, -0.05) is 19.3 Å². The van der Waals surface area contributed by atoms with Crippen molar-refractivity contribution < 1.29 is 9.53 Å². The summed E-state index contributed by atoms with van der Waals surface area (Å²) in [5.41, 5.74) is 0. The molecule has 0 aromatic heterocycles. The fraction of sp³-hybridized carbons (Fsp3) is 0.923. The number of hydrogen-bond acceptors (Lipinski definition) is 3. The summed E-state index contributed by atoms with van der Waals surface area (Å²) in [6.07, 6.45) is 6.34. The fourth-order valence-corrected chi connectivity index (χ4v) is 2.81. The maximum absolute atomic E-state index is 12.1. The van der Waals surface area contributed by atoms with Crippen LogP contribution in [0.15, 0.2) is 0 Å². The van der Waals surface area contributed by atoms with Crippen LogP contribution >= 0.6 is 0 Å². The third-order valence-corrected chi connectivity index (χ3v) is 3.77. The predicted octanol–water partition coefficient (Wildman–Crippen LogP) is 1.86. The third kappa shape index (κ3) is 3.29. The summed E-state index contributed by atoms with van der Waals surface area (Å²) in [7, 11) is 0. The molecule has 0 radical (unpaired) electrons. The molecule has 92 valence electrons. The van der Waals surface area contributed by atoms with Gasteiger partial charge < -0.3 is 4.74 Å². The van der Waals surface area contributed by atoms with Crippen molar-refractivity contribution >= 4 is 5.78 Å². The van der Waals surface area contributed by atoms with Crippen LogP contribution < -0.4 is 0 Å². The molecule has 3 nitrogen and oxygen atoms in total. The quantitative estimate of drug-likeness (QED) is 0.734. The van der Waals surface area contributed by atoms with Gasteiger partial charge in [0.15, 0.2) is 0 Å². The number of hydrogen-bond donors (Lipinski definition) is 0. The first kappa shape index (κ1) is 12.1. The van der Waals surface area contributed by atoms with Gasteiger partial charge in [-0.3, -0.25) is 9.69 Å². The first-order chi connectivity index (χ1) is 7.75. The lowest BCUT2D eigenvalue weighted by Crippen LogP contribution is -2.44. The molecule has 1 aliphatic carbocycles. The monoisotopic (exact) mass is 225 g/mol. The van der Waals surface area contributed by atoms with Crippen molar-refractivity contribution in [2.45, 2.75) is 45.1 Å². The molecule has 1 unspecified atom stereocenters. The summed E-state index contributed by atoms with van der Waals surface area (Å²) in [5.74, 6) is 0.820. The Morgan fingerprint density at radius 2 is 2.06 bits per heavy atom. The van der Waals surface area contributed by atoms with Crippen molar-refractivity contribution in [2.75, 3.05) is 26.2 Å². The topological polar surface area (TPSA) is 29.5 Å². The van der Waals surface area contributed by atoms with Crippen molar-refractivity contribution in [2.24, 2.45) is 5.92 Å². The highest BCUT2D eigenvalue weighted by Gasteiger charge is 2.25. The van der Waals surface area contributed by atoms with Crippen molar-refractivity contribution in [1.82, 2.24) is 4.90 Å². The van der Waals surface area contributed by atoms with Gasteiger partial charge in [0.05, 0.1) is 19.3 Å². The van der Waals surface area contributed by atoms with Crippen LogP contribution in [0, 0.1) is 5.92 Å². The van der Waals surface area contributed by atoms with Crippen LogP contribution in [0.5, 0.6) is 0 Å². The van der Waals surface area contributed by atoms with E-state index in [0.717, 1.165) is 32.5 Å². The van der Waals surface area contributed by atoms with E-state index in [1.54, 1.807) is 0 Å². The minimum atomic E-state index is 0.285. The Balaban J connectivity index is 1.77. The number of nitrogens with zero attached hydrogens (tertiary/aromatic N) is 1. The highest BCUT2D eigenvalue weighted by Crippen LogP contribution is 2.24. The number of carbonyl (C=O) groups is 1. The first-order valence-corrected chi connectivity index (χ1v) is 6.62. The average Bonchev–Trinajstić information content (AvgIpc) is 2.30. The second kappa shape index (κ2) is 5.78. The maximum Gasteiger partial charge on any atom is 0.149 e. The van der Waals surface area contributed by atoms with E-state index in [0.29, 0.717) is 18.2 Å². The molecule has 0 aromatic rings. The lowest BCUT2D eigenvalue weighted by Gasteiger charge is -2.32. The number of morpholine rings is 1. The van der Waals surface area contributed by atoms with Gasteiger partial charge in [-0.05, 0) is 19.8 Å². The summed E-state index contributed by atoms with van der Waals surface area (Å²) in [5, 5.41) is 0. The van der Waals surface area contributed by atoms with Crippen molar-refractivity contribution in [3.05, 3.63) is 0 Å². The number of ether oxygens (including phenoxy) is 1. The highest BCUT2D eigenvalue weighted by atomic mass is 16.5. The van der Waals surface area contributed by atoms with E-state index in [9.17, 15) is 4.79 Å². The minimum Gasteiger partial charge on any atom is -0.376 e. The van der Waals surface area contributed by atoms with Crippen LogP contribution in [0.1, 0.15) is 39.0 Å². The number of carbonyl (C=O) groups excluding carboxylic acids is 1. The summed E-state index contributed by atoms with van der Waals surface area (Å²) in [6.45, 7) is 5.34. The van der Waals surface area contributed by atoms with E-state index in [1.807, 2.05) is 0 Å². The Bertz CT molecular complexity index is 236. The first-order valence-electron chi connectivity index (χ1n) is 6.62. The number of Topliss-reactive ketones (excluding diaryl/α,β-unsaturated/α-hetero) is 1. The molecule has 0 bridgehead atoms. The molecule has 3 heteroatoms. The highest BCUT2D eigenvalue weighted by molar-refractivity contribution is 5.83. The van der Waals surface area contributed by atoms with Gasteiger partial charge in [-0.2, -0.15) is 0 Å². The molecule has 0 N–H and O–H groups in total. The Morgan fingerprint density at radius 1 is 1.31 bits per heavy atom. The molecule has 1 atom stereocenters. The van der Waals surface area contributed by atoms with Crippen LogP contribution in [-0.4, -0.2) is 43.0 Å². The molecular weight excluding hydrogens is 202 g/mol. The van der Waals surface area contributed by atoms with Crippen LogP contribution in [0.25, 0.3) is 0 Å². The zero-order chi connectivity index (χ0) is 11.4. The average molecular weight is 225 g/mol. The molecule has 0 aromatic carbocycles. The molecule has 2 rings (SSSR count). The minimum absolute atomic E-state index is 0.285.